The molecular formula is C18H16Cl2N2O. The minimum Gasteiger partial charge on any atom is -0.396 e. The number of nitrogens with zero attached hydrogens (tertiary/aromatic N) is 2. The molecule has 0 spiro atoms. The highest BCUT2D eigenvalue weighted by Gasteiger charge is 2.14. The van der Waals surface area contributed by atoms with Crippen molar-refractivity contribution in [2.75, 3.05) is 6.61 Å². The quantitative estimate of drug-likeness (QED) is 0.744. The van der Waals surface area contributed by atoms with Gasteiger partial charge in [-0.3, -0.25) is 0 Å². The van der Waals surface area contributed by atoms with E-state index in [1.165, 1.54) is 0 Å². The summed E-state index contributed by atoms with van der Waals surface area (Å²) in [6, 6.07) is 13.5. The van der Waals surface area contributed by atoms with E-state index >= 15 is 0 Å². The zero-order chi connectivity index (χ0) is 16.4. The summed E-state index contributed by atoms with van der Waals surface area (Å²) in [5.74, 6) is 0. The van der Waals surface area contributed by atoms with Crippen LogP contribution in [0.2, 0.25) is 10.0 Å². The van der Waals surface area contributed by atoms with E-state index < -0.39 is 0 Å². The second-order valence-electron chi connectivity index (χ2n) is 5.35. The van der Waals surface area contributed by atoms with Gasteiger partial charge < -0.3 is 5.11 Å². The van der Waals surface area contributed by atoms with Crippen molar-refractivity contribution in [2.45, 2.75) is 13.3 Å². The summed E-state index contributed by atoms with van der Waals surface area (Å²) in [4.78, 5) is 0. The van der Waals surface area contributed by atoms with Crippen LogP contribution in [0.1, 0.15) is 11.1 Å². The van der Waals surface area contributed by atoms with Gasteiger partial charge in [-0.05, 0) is 42.7 Å². The molecule has 3 rings (SSSR count). The number of benzene rings is 2. The van der Waals surface area contributed by atoms with Gasteiger partial charge >= 0.3 is 0 Å². The van der Waals surface area contributed by atoms with Crippen LogP contribution in [-0.2, 0) is 6.42 Å². The van der Waals surface area contributed by atoms with E-state index in [2.05, 4.69) is 5.10 Å². The first-order valence-electron chi connectivity index (χ1n) is 7.30. The van der Waals surface area contributed by atoms with Crippen LogP contribution in [0.4, 0.5) is 0 Å². The Hall–Kier alpha value is -1.81. The smallest absolute Gasteiger partial charge is 0.0840 e. The summed E-state index contributed by atoms with van der Waals surface area (Å²) in [6.45, 7) is 2.17. The van der Waals surface area contributed by atoms with Gasteiger partial charge in [0.15, 0.2) is 0 Å². The lowest BCUT2D eigenvalue weighted by Crippen LogP contribution is -2.00. The van der Waals surface area contributed by atoms with Gasteiger partial charge in [-0.15, -0.1) is 0 Å². The molecule has 0 unspecified atom stereocenters. The molecule has 0 aliphatic carbocycles. The van der Waals surface area contributed by atoms with Gasteiger partial charge in [0.25, 0.3) is 0 Å². The van der Waals surface area contributed by atoms with Crippen LogP contribution >= 0.6 is 23.2 Å². The van der Waals surface area contributed by atoms with E-state index in [0.717, 1.165) is 28.1 Å². The average Bonchev–Trinajstić information content (AvgIpc) is 2.90. The molecule has 5 heteroatoms. The fourth-order valence-corrected chi connectivity index (χ4v) is 3.06. The molecule has 0 bridgehead atoms. The van der Waals surface area contributed by atoms with Gasteiger partial charge in [-0.25, -0.2) is 4.68 Å². The van der Waals surface area contributed by atoms with Gasteiger partial charge in [0.2, 0.25) is 0 Å². The monoisotopic (exact) mass is 346 g/mol. The van der Waals surface area contributed by atoms with E-state index in [0.29, 0.717) is 16.5 Å². The summed E-state index contributed by atoms with van der Waals surface area (Å²) in [7, 11) is 0. The minimum atomic E-state index is 0.149. The van der Waals surface area contributed by atoms with Gasteiger partial charge in [0.05, 0.1) is 22.6 Å². The first kappa shape index (κ1) is 16.1. The second-order valence-corrected chi connectivity index (χ2v) is 6.20. The molecule has 0 aliphatic rings. The molecule has 1 N–H and O–H groups in total. The Morgan fingerprint density at radius 3 is 2.48 bits per heavy atom. The molecule has 0 saturated heterocycles. The summed E-state index contributed by atoms with van der Waals surface area (Å²) < 4.78 is 1.83. The summed E-state index contributed by atoms with van der Waals surface area (Å²) >= 11 is 12.3. The van der Waals surface area contributed by atoms with E-state index in [9.17, 15) is 0 Å². The molecule has 118 valence electrons. The lowest BCUT2D eigenvalue weighted by molar-refractivity contribution is 0.299. The van der Waals surface area contributed by atoms with Gasteiger partial charge in [-0.1, -0.05) is 47.5 Å². The zero-order valence-corrected chi connectivity index (χ0v) is 14.1. The largest absolute Gasteiger partial charge is 0.396 e. The molecule has 0 amide bonds. The minimum absolute atomic E-state index is 0.149. The van der Waals surface area contributed by atoms with Crippen LogP contribution < -0.4 is 0 Å². The van der Waals surface area contributed by atoms with Crippen molar-refractivity contribution in [2.24, 2.45) is 0 Å². The molecule has 2 aromatic carbocycles. The fourth-order valence-electron chi connectivity index (χ4n) is 2.57. The molecule has 0 radical (unpaired) electrons. The SMILES string of the molecule is Cc1cnn(-c2ccc(Cl)cc2Cl)c1-c1ccc(CCO)cc1. The first-order chi connectivity index (χ1) is 11.1. The van der Waals surface area contributed by atoms with Crippen molar-refractivity contribution in [1.29, 1.82) is 0 Å². The van der Waals surface area contributed by atoms with Gasteiger partial charge in [-0.2, -0.15) is 5.10 Å². The predicted octanol–water partition coefficient (Wildman–Crippen LogP) is 4.69. The predicted molar refractivity (Wildman–Crippen MR) is 94.5 cm³/mol. The molecule has 3 nitrogen and oxygen atoms in total. The number of aryl methyl sites for hydroxylation is 1. The highest BCUT2D eigenvalue weighted by Crippen LogP contribution is 2.31. The number of hydrogen-bond acceptors (Lipinski definition) is 2. The molecular weight excluding hydrogens is 331 g/mol. The topological polar surface area (TPSA) is 38.0 Å². The zero-order valence-electron chi connectivity index (χ0n) is 12.6. The summed E-state index contributed by atoms with van der Waals surface area (Å²) in [5, 5.41) is 14.6. The fraction of sp³-hybridized carbons (Fsp3) is 0.167. The van der Waals surface area contributed by atoms with Crippen LogP contribution in [0.3, 0.4) is 0 Å². The van der Waals surface area contributed by atoms with Crippen molar-refractivity contribution in [3.05, 3.63) is 69.8 Å². The number of rotatable bonds is 4. The average molecular weight is 347 g/mol. The third kappa shape index (κ3) is 3.27. The number of aliphatic hydroxyl groups is 1. The Kier molecular flexibility index (Phi) is 4.71. The number of halogens is 2. The molecule has 1 aromatic heterocycles. The third-order valence-electron chi connectivity index (χ3n) is 3.72. The van der Waals surface area contributed by atoms with E-state index in [4.69, 9.17) is 28.3 Å². The molecule has 0 atom stereocenters. The van der Waals surface area contributed by atoms with Crippen molar-refractivity contribution in [3.8, 4) is 16.9 Å². The Labute approximate surface area is 145 Å². The Bertz CT molecular complexity index is 826. The van der Waals surface area contributed by atoms with Crippen LogP contribution in [0.15, 0.2) is 48.7 Å². The first-order valence-corrected chi connectivity index (χ1v) is 8.06. The standard InChI is InChI=1S/C18H16Cl2N2O/c1-12-11-21-22(17-7-6-15(19)10-16(17)20)18(12)14-4-2-13(3-5-14)8-9-23/h2-7,10-11,23H,8-9H2,1H3. The van der Waals surface area contributed by atoms with E-state index in [1.54, 1.807) is 12.1 Å². The van der Waals surface area contributed by atoms with Crippen molar-refractivity contribution < 1.29 is 5.11 Å². The maximum Gasteiger partial charge on any atom is 0.0840 e. The van der Waals surface area contributed by atoms with Gasteiger partial charge in [0.1, 0.15) is 0 Å². The maximum absolute atomic E-state index is 9.02. The molecule has 0 aliphatic heterocycles. The van der Waals surface area contributed by atoms with E-state index in [1.807, 2.05) is 48.1 Å². The van der Waals surface area contributed by atoms with Crippen molar-refractivity contribution in [1.82, 2.24) is 9.78 Å². The van der Waals surface area contributed by atoms with Crippen LogP contribution in [-0.4, -0.2) is 21.5 Å². The third-order valence-corrected chi connectivity index (χ3v) is 4.26. The van der Waals surface area contributed by atoms with E-state index in [-0.39, 0.29) is 6.61 Å². The molecule has 1 heterocycles. The van der Waals surface area contributed by atoms with Crippen LogP contribution in [0, 0.1) is 6.92 Å². The summed E-state index contributed by atoms with van der Waals surface area (Å²) in [6.07, 6.45) is 2.48. The highest BCUT2D eigenvalue weighted by atomic mass is 35.5. The lowest BCUT2D eigenvalue weighted by atomic mass is 10.0. The summed E-state index contributed by atoms with van der Waals surface area (Å²) in [5.41, 5.74) is 4.99. The normalized spacial score (nSPS) is 11.0. The Morgan fingerprint density at radius 1 is 1.09 bits per heavy atom. The Morgan fingerprint density at radius 2 is 1.83 bits per heavy atom. The highest BCUT2D eigenvalue weighted by molar-refractivity contribution is 6.35. The van der Waals surface area contributed by atoms with Crippen molar-refractivity contribution in [3.63, 3.8) is 0 Å². The van der Waals surface area contributed by atoms with Crippen LogP contribution in [0.25, 0.3) is 16.9 Å². The number of aromatic nitrogens is 2. The lowest BCUT2D eigenvalue weighted by Gasteiger charge is -2.11. The molecule has 23 heavy (non-hydrogen) atoms. The molecule has 3 aromatic rings. The Balaban J connectivity index is 2.08. The van der Waals surface area contributed by atoms with Crippen molar-refractivity contribution >= 4 is 23.2 Å². The van der Waals surface area contributed by atoms with Gasteiger partial charge in [0, 0.05) is 17.2 Å². The second kappa shape index (κ2) is 6.75. The maximum atomic E-state index is 9.02. The molecule has 0 fully saturated rings. The number of aliphatic hydroxyl groups excluding tert-OH is 1. The number of hydrogen-bond donors (Lipinski definition) is 1. The molecule has 0 saturated carbocycles. The van der Waals surface area contributed by atoms with Crippen LogP contribution in [0.5, 0.6) is 0 Å².